The van der Waals surface area contributed by atoms with E-state index in [9.17, 15) is 14.4 Å². The first-order valence-electron chi connectivity index (χ1n) is 8.60. The van der Waals surface area contributed by atoms with E-state index in [0.29, 0.717) is 31.4 Å². The molecule has 0 fully saturated rings. The van der Waals surface area contributed by atoms with Gasteiger partial charge in [-0.15, -0.1) is 10.2 Å². The van der Waals surface area contributed by atoms with Crippen molar-refractivity contribution in [2.45, 2.75) is 11.3 Å². The van der Waals surface area contributed by atoms with Gasteiger partial charge in [0.2, 0.25) is 16.9 Å². The molecule has 30 heavy (non-hydrogen) atoms. The third-order valence-electron chi connectivity index (χ3n) is 3.51. The van der Waals surface area contributed by atoms with Crippen LogP contribution in [0.4, 0.5) is 16.5 Å². The first-order chi connectivity index (χ1) is 14.4. The summed E-state index contributed by atoms with van der Waals surface area (Å²) in [5.74, 6) is -0.661. The maximum Gasteiger partial charge on any atom is 0.257 e. The summed E-state index contributed by atoms with van der Waals surface area (Å²) in [4.78, 5) is 35.5. The Morgan fingerprint density at radius 1 is 1.00 bits per heavy atom. The van der Waals surface area contributed by atoms with Gasteiger partial charge in [-0.25, -0.2) is 0 Å². The van der Waals surface area contributed by atoms with Gasteiger partial charge in [0.1, 0.15) is 0 Å². The van der Waals surface area contributed by atoms with Crippen molar-refractivity contribution in [1.82, 2.24) is 10.2 Å². The van der Waals surface area contributed by atoms with Crippen LogP contribution in [0.25, 0.3) is 0 Å². The number of hydrogen-bond acceptors (Lipinski definition) is 7. The summed E-state index contributed by atoms with van der Waals surface area (Å²) in [6.07, 6.45) is 0. The number of nitrogens with zero attached hydrogens (tertiary/aromatic N) is 2. The molecule has 2 aromatic carbocycles. The molecule has 0 bridgehead atoms. The Labute approximate surface area is 185 Å². The quantitative estimate of drug-likeness (QED) is 0.360. The second-order valence-electron chi connectivity index (χ2n) is 5.94. The Hall–Kier alpha value is -2.95. The van der Waals surface area contributed by atoms with Gasteiger partial charge in [-0.3, -0.25) is 19.7 Å². The van der Waals surface area contributed by atoms with E-state index >= 15 is 0 Å². The van der Waals surface area contributed by atoms with Gasteiger partial charge < -0.3 is 10.6 Å². The summed E-state index contributed by atoms with van der Waals surface area (Å²) in [6, 6.07) is 13.4. The van der Waals surface area contributed by atoms with Crippen molar-refractivity contribution in [2.75, 3.05) is 21.7 Å². The van der Waals surface area contributed by atoms with Crippen molar-refractivity contribution in [3.8, 4) is 0 Å². The predicted octanol–water partition coefficient (Wildman–Crippen LogP) is 4.13. The maximum atomic E-state index is 12.2. The number of anilines is 3. The lowest BCUT2D eigenvalue weighted by Gasteiger charge is -2.07. The largest absolute Gasteiger partial charge is 0.326 e. The van der Waals surface area contributed by atoms with Gasteiger partial charge in [-0.1, -0.05) is 46.8 Å². The summed E-state index contributed by atoms with van der Waals surface area (Å²) in [5, 5.41) is 16.7. The van der Waals surface area contributed by atoms with Gasteiger partial charge in [0.25, 0.3) is 5.91 Å². The molecule has 3 amide bonds. The first-order valence-corrected chi connectivity index (χ1v) is 10.8. The van der Waals surface area contributed by atoms with E-state index in [0.717, 1.165) is 0 Å². The molecule has 0 saturated carbocycles. The zero-order valence-corrected chi connectivity index (χ0v) is 18.0. The lowest BCUT2D eigenvalue weighted by Crippen LogP contribution is -2.14. The maximum absolute atomic E-state index is 12.2. The highest BCUT2D eigenvalue weighted by Crippen LogP contribution is 2.26. The molecule has 0 aliphatic carbocycles. The average Bonchev–Trinajstić information content (AvgIpc) is 3.13. The molecule has 0 aliphatic heterocycles. The monoisotopic (exact) mass is 461 g/mol. The van der Waals surface area contributed by atoms with Crippen LogP contribution in [-0.4, -0.2) is 33.7 Å². The second-order valence-corrected chi connectivity index (χ2v) is 8.57. The Balaban J connectivity index is 1.51. The minimum atomic E-state index is -0.345. The summed E-state index contributed by atoms with van der Waals surface area (Å²) in [6.45, 7) is 1.41. The lowest BCUT2D eigenvalue weighted by atomic mass is 10.2. The Morgan fingerprint density at radius 2 is 1.73 bits per heavy atom. The van der Waals surface area contributed by atoms with Crippen LogP contribution in [0.15, 0.2) is 52.9 Å². The van der Waals surface area contributed by atoms with Crippen LogP contribution in [0.2, 0.25) is 5.02 Å². The number of amides is 3. The van der Waals surface area contributed by atoms with E-state index < -0.39 is 0 Å². The van der Waals surface area contributed by atoms with E-state index in [2.05, 4.69) is 26.1 Å². The molecule has 0 aliphatic rings. The molecular formula is C19H16ClN5O3S2. The Morgan fingerprint density at radius 3 is 2.47 bits per heavy atom. The summed E-state index contributed by atoms with van der Waals surface area (Å²) in [5.41, 5.74) is 1.57. The Bertz CT molecular complexity index is 1090. The normalized spacial score (nSPS) is 10.3. The molecule has 1 heterocycles. The second kappa shape index (κ2) is 10.2. The van der Waals surface area contributed by atoms with Gasteiger partial charge in [0, 0.05) is 28.9 Å². The number of halogens is 1. The number of benzene rings is 2. The van der Waals surface area contributed by atoms with Crippen LogP contribution in [0, 0.1) is 0 Å². The zero-order chi connectivity index (χ0) is 21.5. The van der Waals surface area contributed by atoms with Crippen LogP contribution < -0.4 is 16.0 Å². The summed E-state index contributed by atoms with van der Waals surface area (Å²) < 4.78 is 0.540. The van der Waals surface area contributed by atoms with Crippen molar-refractivity contribution >= 4 is 68.9 Å². The highest BCUT2D eigenvalue weighted by atomic mass is 35.5. The first kappa shape index (κ1) is 21.8. The molecule has 3 N–H and O–H groups in total. The van der Waals surface area contributed by atoms with Gasteiger partial charge in [0.05, 0.1) is 5.75 Å². The lowest BCUT2D eigenvalue weighted by molar-refractivity contribution is -0.114. The van der Waals surface area contributed by atoms with E-state index in [1.165, 1.54) is 30.0 Å². The minimum absolute atomic E-state index is 0.112. The van der Waals surface area contributed by atoms with Crippen LogP contribution in [0.3, 0.4) is 0 Å². The molecular weight excluding hydrogens is 446 g/mol. The van der Waals surface area contributed by atoms with Gasteiger partial charge in [0.15, 0.2) is 4.34 Å². The van der Waals surface area contributed by atoms with E-state index in [4.69, 9.17) is 11.6 Å². The fourth-order valence-corrected chi connectivity index (χ4v) is 4.06. The molecule has 0 atom stereocenters. The number of nitrogens with one attached hydrogen (secondary N) is 3. The topological polar surface area (TPSA) is 113 Å². The molecule has 154 valence electrons. The van der Waals surface area contributed by atoms with Crippen LogP contribution in [0.1, 0.15) is 17.3 Å². The molecule has 0 radical (unpaired) electrons. The highest BCUT2D eigenvalue weighted by Gasteiger charge is 2.12. The molecule has 3 rings (SSSR count). The predicted molar refractivity (Wildman–Crippen MR) is 119 cm³/mol. The third-order valence-corrected chi connectivity index (χ3v) is 5.71. The summed E-state index contributed by atoms with van der Waals surface area (Å²) in [7, 11) is 0. The standard InChI is InChI=1S/C19H16ClN5O3S2/c1-11(26)21-14-6-3-7-15(9-14)22-16(27)10-29-19-25-24-18(30-19)23-17(28)12-4-2-5-13(20)8-12/h2-9H,10H2,1H3,(H,21,26)(H,22,27)(H,23,24,28). The van der Waals surface area contributed by atoms with E-state index in [1.54, 1.807) is 48.5 Å². The van der Waals surface area contributed by atoms with Gasteiger partial charge in [-0.2, -0.15) is 0 Å². The molecule has 1 aromatic heterocycles. The number of hydrogen-bond donors (Lipinski definition) is 3. The van der Waals surface area contributed by atoms with E-state index in [1.807, 2.05) is 0 Å². The third kappa shape index (κ3) is 6.55. The average molecular weight is 462 g/mol. The SMILES string of the molecule is CC(=O)Nc1cccc(NC(=O)CSc2nnc(NC(=O)c3cccc(Cl)c3)s2)c1. The summed E-state index contributed by atoms with van der Waals surface area (Å²) >= 11 is 8.26. The van der Waals surface area contributed by atoms with Crippen molar-refractivity contribution in [3.05, 3.63) is 59.1 Å². The molecule has 11 heteroatoms. The molecule has 0 spiro atoms. The number of carbonyl (C=O) groups excluding carboxylic acids is 3. The Kier molecular flexibility index (Phi) is 7.39. The van der Waals surface area contributed by atoms with Crippen molar-refractivity contribution in [1.29, 1.82) is 0 Å². The van der Waals surface area contributed by atoms with Crippen molar-refractivity contribution in [3.63, 3.8) is 0 Å². The number of carbonyl (C=O) groups is 3. The number of thioether (sulfide) groups is 1. The van der Waals surface area contributed by atoms with Crippen molar-refractivity contribution in [2.24, 2.45) is 0 Å². The zero-order valence-electron chi connectivity index (χ0n) is 15.6. The fourth-order valence-electron chi connectivity index (χ4n) is 2.32. The van der Waals surface area contributed by atoms with Crippen LogP contribution in [0.5, 0.6) is 0 Å². The molecule has 8 nitrogen and oxygen atoms in total. The molecule has 0 unspecified atom stereocenters. The van der Waals surface area contributed by atoms with Gasteiger partial charge in [-0.05, 0) is 36.4 Å². The number of aromatic nitrogens is 2. The van der Waals surface area contributed by atoms with E-state index in [-0.39, 0.29) is 23.5 Å². The highest BCUT2D eigenvalue weighted by molar-refractivity contribution is 8.01. The van der Waals surface area contributed by atoms with Crippen LogP contribution in [-0.2, 0) is 9.59 Å². The minimum Gasteiger partial charge on any atom is -0.326 e. The van der Waals surface area contributed by atoms with Crippen LogP contribution >= 0.6 is 34.7 Å². The smallest absolute Gasteiger partial charge is 0.257 e. The molecule has 3 aromatic rings. The van der Waals surface area contributed by atoms with Crippen molar-refractivity contribution < 1.29 is 14.4 Å². The molecule has 0 saturated heterocycles. The number of rotatable bonds is 7. The van der Waals surface area contributed by atoms with Gasteiger partial charge >= 0.3 is 0 Å². The fraction of sp³-hybridized carbons (Fsp3) is 0.105.